The highest BCUT2D eigenvalue weighted by Gasteiger charge is 2.39. The van der Waals surface area contributed by atoms with Crippen LogP contribution in [0.4, 0.5) is 0 Å². The summed E-state index contributed by atoms with van der Waals surface area (Å²) in [5.41, 5.74) is 7.94. The molecule has 1 fully saturated rings. The summed E-state index contributed by atoms with van der Waals surface area (Å²) < 4.78 is 5.56. The van der Waals surface area contributed by atoms with Gasteiger partial charge in [0.05, 0.1) is 12.7 Å². The maximum Gasteiger partial charge on any atom is 0.0880 e. The normalized spacial score (nSPS) is 25.4. The summed E-state index contributed by atoms with van der Waals surface area (Å²) in [6.45, 7) is 8.34. The van der Waals surface area contributed by atoms with Crippen LogP contribution in [0.3, 0.4) is 0 Å². The molecule has 0 aromatic heterocycles. The quantitative estimate of drug-likeness (QED) is 0.893. The average molecular weight is 277 g/mol. The van der Waals surface area contributed by atoms with E-state index in [2.05, 4.69) is 32.9 Å². The van der Waals surface area contributed by atoms with Crippen LogP contribution in [0.15, 0.2) is 24.3 Å². The van der Waals surface area contributed by atoms with Crippen LogP contribution in [0.2, 0.25) is 0 Å². The molecule has 0 aliphatic carbocycles. The lowest BCUT2D eigenvalue weighted by molar-refractivity contribution is -0.0782. The fourth-order valence-corrected chi connectivity index (χ4v) is 2.88. The van der Waals surface area contributed by atoms with Crippen LogP contribution >= 0.6 is 0 Å². The number of aliphatic hydroxyl groups excluding tert-OH is 1. The predicted octanol–water partition coefficient (Wildman–Crippen LogP) is 2.77. The third kappa shape index (κ3) is 3.05. The average Bonchev–Trinajstić information content (AvgIpc) is 2.46. The molecule has 1 aromatic rings. The molecule has 0 saturated carbocycles. The topological polar surface area (TPSA) is 55.5 Å². The Labute approximate surface area is 122 Å². The molecule has 2 atom stereocenters. The first kappa shape index (κ1) is 15.5. The summed E-state index contributed by atoms with van der Waals surface area (Å²) in [4.78, 5) is 0. The largest absolute Gasteiger partial charge is 0.388 e. The van der Waals surface area contributed by atoms with Crippen molar-refractivity contribution >= 4 is 0 Å². The first-order chi connectivity index (χ1) is 9.39. The zero-order chi connectivity index (χ0) is 14.8. The minimum atomic E-state index is -0.554. The van der Waals surface area contributed by atoms with Crippen LogP contribution in [0.5, 0.6) is 0 Å². The van der Waals surface area contributed by atoms with Gasteiger partial charge in [-0.1, -0.05) is 45.0 Å². The summed E-state index contributed by atoms with van der Waals surface area (Å²) >= 11 is 0. The Morgan fingerprint density at radius 1 is 1.30 bits per heavy atom. The molecule has 3 N–H and O–H groups in total. The fourth-order valence-electron chi connectivity index (χ4n) is 2.88. The molecule has 20 heavy (non-hydrogen) atoms. The van der Waals surface area contributed by atoms with Gasteiger partial charge in [0.15, 0.2) is 0 Å². The second-order valence-corrected chi connectivity index (χ2v) is 7.00. The van der Waals surface area contributed by atoms with E-state index in [-0.39, 0.29) is 10.8 Å². The third-order valence-electron chi connectivity index (χ3n) is 4.43. The van der Waals surface area contributed by atoms with E-state index < -0.39 is 6.10 Å². The SMILES string of the molecule is CC(C)(C)c1ccc(C(O)C2(CN)CCCOC2)cc1. The predicted molar refractivity (Wildman–Crippen MR) is 81.6 cm³/mol. The van der Waals surface area contributed by atoms with E-state index in [9.17, 15) is 5.11 Å². The van der Waals surface area contributed by atoms with Crippen LogP contribution in [0.1, 0.15) is 50.8 Å². The lowest BCUT2D eigenvalue weighted by atomic mass is 9.74. The minimum Gasteiger partial charge on any atom is -0.388 e. The Morgan fingerprint density at radius 2 is 1.95 bits per heavy atom. The van der Waals surface area contributed by atoms with Crippen molar-refractivity contribution in [2.24, 2.45) is 11.1 Å². The van der Waals surface area contributed by atoms with Gasteiger partial charge in [0.1, 0.15) is 0 Å². The van der Waals surface area contributed by atoms with E-state index >= 15 is 0 Å². The molecular formula is C17H27NO2. The van der Waals surface area contributed by atoms with Crippen molar-refractivity contribution < 1.29 is 9.84 Å². The molecule has 1 aliphatic rings. The lowest BCUT2D eigenvalue weighted by Crippen LogP contribution is -2.43. The molecule has 2 unspecified atom stereocenters. The van der Waals surface area contributed by atoms with Gasteiger partial charge < -0.3 is 15.6 Å². The molecule has 1 saturated heterocycles. The summed E-state index contributed by atoms with van der Waals surface area (Å²) in [5.74, 6) is 0. The zero-order valence-electron chi connectivity index (χ0n) is 12.9. The highest BCUT2D eigenvalue weighted by molar-refractivity contribution is 5.29. The van der Waals surface area contributed by atoms with Crippen LogP contribution in [0.25, 0.3) is 0 Å². The molecular weight excluding hydrogens is 250 g/mol. The highest BCUT2D eigenvalue weighted by atomic mass is 16.5. The van der Waals surface area contributed by atoms with Crippen LogP contribution in [-0.4, -0.2) is 24.9 Å². The Balaban J connectivity index is 2.21. The van der Waals surface area contributed by atoms with Gasteiger partial charge in [0.25, 0.3) is 0 Å². The van der Waals surface area contributed by atoms with Crippen LogP contribution in [-0.2, 0) is 10.2 Å². The fraction of sp³-hybridized carbons (Fsp3) is 0.647. The molecule has 1 aromatic carbocycles. The molecule has 3 heteroatoms. The van der Waals surface area contributed by atoms with Gasteiger partial charge in [0, 0.05) is 18.6 Å². The monoisotopic (exact) mass is 277 g/mol. The lowest BCUT2D eigenvalue weighted by Gasteiger charge is -2.40. The number of hydrogen-bond donors (Lipinski definition) is 2. The van der Waals surface area contributed by atoms with Gasteiger partial charge in [-0.2, -0.15) is 0 Å². The number of ether oxygens (including phenoxy) is 1. The Kier molecular flexibility index (Phi) is 4.52. The van der Waals surface area contributed by atoms with E-state index in [1.54, 1.807) is 0 Å². The van der Waals surface area contributed by atoms with Crippen molar-refractivity contribution in [1.29, 1.82) is 0 Å². The van der Waals surface area contributed by atoms with Crippen molar-refractivity contribution in [2.75, 3.05) is 19.8 Å². The molecule has 0 radical (unpaired) electrons. The van der Waals surface area contributed by atoms with Crippen molar-refractivity contribution in [2.45, 2.75) is 45.1 Å². The number of nitrogens with two attached hydrogens (primary N) is 1. The molecule has 112 valence electrons. The molecule has 3 nitrogen and oxygen atoms in total. The summed E-state index contributed by atoms with van der Waals surface area (Å²) in [5, 5.41) is 10.7. The number of aliphatic hydroxyl groups is 1. The molecule has 0 bridgehead atoms. The second kappa shape index (κ2) is 5.84. The Morgan fingerprint density at radius 3 is 2.40 bits per heavy atom. The van der Waals surface area contributed by atoms with Gasteiger partial charge in [0.2, 0.25) is 0 Å². The van der Waals surface area contributed by atoms with Gasteiger partial charge in [-0.05, 0) is 29.4 Å². The van der Waals surface area contributed by atoms with E-state index in [1.807, 2.05) is 12.1 Å². The summed E-state index contributed by atoms with van der Waals surface area (Å²) in [6, 6.07) is 8.26. The summed E-state index contributed by atoms with van der Waals surface area (Å²) in [6.07, 6.45) is 1.34. The van der Waals surface area contributed by atoms with Gasteiger partial charge in [-0.3, -0.25) is 0 Å². The smallest absolute Gasteiger partial charge is 0.0880 e. The van der Waals surface area contributed by atoms with Crippen molar-refractivity contribution in [3.05, 3.63) is 35.4 Å². The molecule has 2 rings (SSSR count). The van der Waals surface area contributed by atoms with Crippen molar-refractivity contribution in [3.8, 4) is 0 Å². The van der Waals surface area contributed by atoms with E-state index in [0.717, 1.165) is 25.0 Å². The first-order valence-corrected chi connectivity index (χ1v) is 7.45. The van der Waals surface area contributed by atoms with E-state index in [1.165, 1.54) is 5.56 Å². The standard InChI is InChI=1S/C17H27NO2/c1-16(2,3)14-7-5-13(6-8-14)15(19)17(11-18)9-4-10-20-12-17/h5-8,15,19H,4,9-12,18H2,1-3H3. The zero-order valence-corrected chi connectivity index (χ0v) is 12.9. The Hall–Kier alpha value is -0.900. The van der Waals surface area contributed by atoms with Gasteiger partial charge in [-0.25, -0.2) is 0 Å². The molecule has 1 heterocycles. The molecule has 0 amide bonds. The number of rotatable bonds is 3. The summed E-state index contributed by atoms with van der Waals surface area (Å²) in [7, 11) is 0. The second-order valence-electron chi connectivity index (χ2n) is 7.00. The van der Waals surface area contributed by atoms with Gasteiger partial charge >= 0.3 is 0 Å². The number of benzene rings is 1. The van der Waals surface area contributed by atoms with Gasteiger partial charge in [-0.15, -0.1) is 0 Å². The maximum absolute atomic E-state index is 10.7. The van der Waals surface area contributed by atoms with Crippen molar-refractivity contribution in [1.82, 2.24) is 0 Å². The number of hydrogen-bond acceptors (Lipinski definition) is 3. The van der Waals surface area contributed by atoms with Crippen LogP contribution < -0.4 is 5.73 Å². The van der Waals surface area contributed by atoms with Crippen molar-refractivity contribution in [3.63, 3.8) is 0 Å². The first-order valence-electron chi connectivity index (χ1n) is 7.45. The van der Waals surface area contributed by atoms with E-state index in [4.69, 9.17) is 10.5 Å². The Bertz CT molecular complexity index is 427. The molecule has 1 aliphatic heterocycles. The highest BCUT2D eigenvalue weighted by Crippen LogP contribution is 2.40. The van der Waals surface area contributed by atoms with Crippen LogP contribution in [0, 0.1) is 5.41 Å². The third-order valence-corrected chi connectivity index (χ3v) is 4.43. The molecule has 0 spiro atoms. The van der Waals surface area contributed by atoms with E-state index in [0.29, 0.717) is 13.2 Å². The maximum atomic E-state index is 10.7. The minimum absolute atomic E-state index is 0.128.